The van der Waals surface area contributed by atoms with Gasteiger partial charge in [-0.15, -0.1) is 0 Å². The first kappa shape index (κ1) is 13.6. The highest BCUT2D eigenvalue weighted by Gasteiger charge is 2.12. The lowest BCUT2D eigenvalue weighted by Crippen LogP contribution is -2.15. The molecule has 0 saturated heterocycles. The van der Waals surface area contributed by atoms with E-state index in [2.05, 4.69) is 10.3 Å². The molecule has 1 heterocycles. The zero-order valence-corrected chi connectivity index (χ0v) is 11.3. The summed E-state index contributed by atoms with van der Waals surface area (Å²) >= 11 is 0. The third kappa shape index (κ3) is 2.75. The van der Waals surface area contributed by atoms with Crippen LogP contribution in [0.2, 0.25) is 0 Å². The van der Waals surface area contributed by atoms with Crippen molar-refractivity contribution in [1.82, 2.24) is 4.98 Å². The van der Waals surface area contributed by atoms with Gasteiger partial charge in [0.05, 0.1) is 22.5 Å². The average Bonchev–Trinajstić information content (AvgIpc) is 2.40. The van der Waals surface area contributed by atoms with Crippen LogP contribution in [0.25, 0.3) is 0 Å². The molecule has 0 radical (unpaired) electrons. The number of hydrogen-bond donors (Lipinski definition) is 2. The van der Waals surface area contributed by atoms with Crippen molar-refractivity contribution >= 4 is 17.3 Å². The van der Waals surface area contributed by atoms with Gasteiger partial charge in [-0.25, -0.2) is 0 Å². The van der Waals surface area contributed by atoms with Gasteiger partial charge in [0, 0.05) is 11.4 Å². The molecule has 1 aromatic heterocycles. The average molecular weight is 266 g/mol. The Hall–Kier alpha value is -2.87. The number of nitrogens with one attached hydrogen (secondary N) is 1. The largest absolute Gasteiger partial charge is 0.399 e. The number of carbonyl (C=O) groups excluding carboxylic acids is 1. The fraction of sp³-hybridized carbons (Fsp3) is 0.133. The van der Waals surface area contributed by atoms with Gasteiger partial charge in [0.1, 0.15) is 6.07 Å². The van der Waals surface area contributed by atoms with Crippen LogP contribution in [0.3, 0.4) is 0 Å². The van der Waals surface area contributed by atoms with Crippen molar-refractivity contribution in [2.45, 2.75) is 13.8 Å². The fourth-order valence-corrected chi connectivity index (χ4v) is 1.88. The van der Waals surface area contributed by atoms with E-state index in [-0.39, 0.29) is 5.91 Å². The van der Waals surface area contributed by atoms with E-state index in [1.165, 1.54) is 6.07 Å². The van der Waals surface area contributed by atoms with Crippen LogP contribution in [0.1, 0.15) is 27.3 Å². The SMILES string of the molecule is Cc1ccc(C(=O)Nc2ccc(N)cc2C#N)c(C)n1. The van der Waals surface area contributed by atoms with Crippen molar-refractivity contribution in [3.63, 3.8) is 0 Å². The molecule has 0 bridgehead atoms. The summed E-state index contributed by atoms with van der Waals surface area (Å²) in [7, 11) is 0. The number of nitrogens with two attached hydrogens (primary N) is 1. The first-order valence-corrected chi connectivity index (χ1v) is 6.06. The third-order valence-corrected chi connectivity index (χ3v) is 2.88. The van der Waals surface area contributed by atoms with E-state index in [4.69, 9.17) is 11.0 Å². The molecule has 5 heteroatoms. The molecule has 3 N–H and O–H groups in total. The number of aromatic nitrogens is 1. The summed E-state index contributed by atoms with van der Waals surface area (Å²) in [6.45, 7) is 3.64. The van der Waals surface area contributed by atoms with Gasteiger partial charge in [0.15, 0.2) is 0 Å². The molecule has 0 aliphatic rings. The topological polar surface area (TPSA) is 91.8 Å². The number of anilines is 2. The Kier molecular flexibility index (Phi) is 3.67. The summed E-state index contributed by atoms with van der Waals surface area (Å²) in [5.41, 5.74) is 8.84. The van der Waals surface area contributed by atoms with Crippen LogP contribution in [0.5, 0.6) is 0 Å². The number of hydrogen-bond acceptors (Lipinski definition) is 4. The molecular weight excluding hydrogens is 252 g/mol. The predicted molar refractivity (Wildman–Crippen MR) is 77.2 cm³/mol. The van der Waals surface area contributed by atoms with Crippen molar-refractivity contribution in [1.29, 1.82) is 5.26 Å². The molecule has 100 valence electrons. The monoisotopic (exact) mass is 266 g/mol. The van der Waals surface area contributed by atoms with Crippen LogP contribution < -0.4 is 11.1 Å². The van der Waals surface area contributed by atoms with E-state index >= 15 is 0 Å². The number of nitrogen functional groups attached to an aromatic ring is 1. The van der Waals surface area contributed by atoms with Gasteiger partial charge in [0.2, 0.25) is 0 Å². The Labute approximate surface area is 117 Å². The van der Waals surface area contributed by atoms with Crippen molar-refractivity contribution in [3.8, 4) is 6.07 Å². The van der Waals surface area contributed by atoms with Gasteiger partial charge in [-0.1, -0.05) is 0 Å². The standard InChI is InChI=1S/C15H14N4O/c1-9-3-5-13(10(2)18-9)15(20)19-14-6-4-12(17)7-11(14)8-16/h3-7H,17H2,1-2H3,(H,19,20). The van der Waals surface area contributed by atoms with Gasteiger partial charge in [0.25, 0.3) is 5.91 Å². The van der Waals surface area contributed by atoms with Crippen molar-refractivity contribution in [3.05, 3.63) is 52.8 Å². The first-order valence-electron chi connectivity index (χ1n) is 6.06. The molecule has 2 aromatic rings. The van der Waals surface area contributed by atoms with Crippen molar-refractivity contribution < 1.29 is 4.79 Å². The maximum atomic E-state index is 12.2. The van der Waals surface area contributed by atoms with Gasteiger partial charge >= 0.3 is 0 Å². The Morgan fingerprint density at radius 1 is 1.30 bits per heavy atom. The summed E-state index contributed by atoms with van der Waals surface area (Å²) in [5, 5.41) is 11.8. The van der Waals surface area contributed by atoms with Gasteiger partial charge in [-0.2, -0.15) is 5.26 Å². The smallest absolute Gasteiger partial charge is 0.257 e. The Bertz CT molecular complexity index is 716. The van der Waals surface area contributed by atoms with Gasteiger partial charge < -0.3 is 11.1 Å². The number of rotatable bonds is 2. The summed E-state index contributed by atoms with van der Waals surface area (Å²) in [5.74, 6) is -0.295. The highest BCUT2D eigenvalue weighted by Crippen LogP contribution is 2.19. The molecule has 1 amide bonds. The minimum Gasteiger partial charge on any atom is -0.399 e. The second-order valence-corrected chi connectivity index (χ2v) is 4.46. The predicted octanol–water partition coefficient (Wildman–Crippen LogP) is 2.40. The molecular formula is C15H14N4O. The van der Waals surface area contributed by atoms with Crippen LogP contribution in [-0.4, -0.2) is 10.9 Å². The molecule has 20 heavy (non-hydrogen) atoms. The lowest BCUT2D eigenvalue weighted by molar-refractivity contribution is 0.102. The Morgan fingerprint density at radius 3 is 2.70 bits per heavy atom. The van der Waals surface area contributed by atoms with Crippen molar-refractivity contribution in [2.24, 2.45) is 0 Å². The number of benzene rings is 1. The number of nitrogens with zero attached hydrogens (tertiary/aromatic N) is 2. The first-order chi connectivity index (χ1) is 9.51. The maximum absolute atomic E-state index is 12.2. The second-order valence-electron chi connectivity index (χ2n) is 4.46. The number of nitriles is 1. The highest BCUT2D eigenvalue weighted by atomic mass is 16.1. The third-order valence-electron chi connectivity index (χ3n) is 2.88. The molecule has 5 nitrogen and oxygen atoms in total. The molecule has 0 atom stereocenters. The van der Waals surface area contributed by atoms with Crippen LogP contribution in [0, 0.1) is 25.2 Å². The van der Waals surface area contributed by atoms with Gasteiger partial charge in [-0.05, 0) is 44.2 Å². The normalized spacial score (nSPS) is 9.85. The lowest BCUT2D eigenvalue weighted by Gasteiger charge is -2.09. The van der Waals surface area contributed by atoms with Crippen LogP contribution in [0.15, 0.2) is 30.3 Å². The molecule has 0 fully saturated rings. The van der Waals surface area contributed by atoms with E-state index < -0.39 is 0 Å². The van der Waals surface area contributed by atoms with E-state index in [0.29, 0.717) is 28.2 Å². The minimum atomic E-state index is -0.295. The molecule has 0 aliphatic heterocycles. The maximum Gasteiger partial charge on any atom is 0.257 e. The summed E-state index contributed by atoms with van der Waals surface area (Å²) in [6.07, 6.45) is 0. The molecule has 1 aromatic carbocycles. The zero-order valence-electron chi connectivity index (χ0n) is 11.3. The molecule has 0 unspecified atom stereocenters. The number of aryl methyl sites for hydroxylation is 2. The zero-order chi connectivity index (χ0) is 14.7. The summed E-state index contributed by atoms with van der Waals surface area (Å²) < 4.78 is 0. The fourth-order valence-electron chi connectivity index (χ4n) is 1.88. The van der Waals surface area contributed by atoms with E-state index in [0.717, 1.165) is 5.69 Å². The van der Waals surface area contributed by atoms with Crippen LogP contribution in [-0.2, 0) is 0 Å². The number of amides is 1. The van der Waals surface area contributed by atoms with E-state index in [1.807, 2.05) is 13.0 Å². The highest BCUT2D eigenvalue weighted by molar-refractivity contribution is 6.05. The van der Waals surface area contributed by atoms with Crippen LogP contribution in [0.4, 0.5) is 11.4 Å². The molecule has 2 rings (SSSR count). The van der Waals surface area contributed by atoms with E-state index in [9.17, 15) is 4.79 Å². The second kappa shape index (κ2) is 5.41. The quantitative estimate of drug-likeness (QED) is 0.816. The Morgan fingerprint density at radius 2 is 2.05 bits per heavy atom. The summed E-state index contributed by atoms with van der Waals surface area (Å²) in [6, 6.07) is 10.3. The number of pyridine rings is 1. The lowest BCUT2D eigenvalue weighted by atomic mass is 10.1. The van der Waals surface area contributed by atoms with E-state index in [1.54, 1.807) is 31.2 Å². The molecule has 0 spiro atoms. The van der Waals surface area contributed by atoms with Crippen molar-refractivity contribution in [2.75, 3.05) is 11.1 Å². The number of carbonyl (C=O) groups is 1. The molecule has 0 saturated carbocycles. The Balaban J connectivity index is 2.31. The summed E-state index contributed by atoms with van der Waals surface area (Å²) in [4.78, 5) is 16.5. The van der Waals surface area contributed by atoms with Gasteiger partial charge in [-0.3, -0.25) is 9.78 Å². The molecule has 0 aliphatic carbocycles. The van der Waals surface area contributed by atoms with Crippen LogP contribution >= 0.6 is 0 Å². The minimum absolute atomic E-state index is 0.295.